The second-order valence-corrected chi connectivity index (χ2v) is 5.40. The zero-order valence-corrected chi connectivity index (χ0v) is 11.1. The SMILES string of the molecule is COc1ccnc(C(=O)NC2CC3CCN(C3)C2)c1. The van der Waals surface area contributed by atoms with Gasteiger partial charge in [0.15, 0.2) is 0 Å². The predicted octanol–water partition coefficient (Wildman–Crippen LogP) is 0.914. The fourth-order valence-corrected chi connectivity index (χ4v) is 3.09. The summed E-state index contributed by atoms with van der Waals surface area (Å²) in [6.45, 7) is 3.34. The number of carbonyl (C=O) groups excluding carboxylic acids is 1. The Balaban J connectivity index is 1.64. The van der Waals surface area contributed by atoms with Crippen LogP contribution in [0.25, 0.3) is 0 Å². The molecule has 2 bridgehead atoms. The minimum atomic E-state index is -0.105. The Morgan fingerprint density at radius 3 is 3.21 bits per heavy atom. The fraction of sp³-hybridized carbons (Fsp3) is 0.571. The first-order chi connectivity index (χ1) is 9.24. The maximum atomic E-state index is 12.2. The summed E-state index contributed by atoms with van der Waals surface area (Å²) in [6, 6.07) is 3.66. The Labute approximate surface area is 113 Å². The van der Waals surface area contributed by atoms with E-state index in [0.29, 0.717) is 11.4 Å². The van der Waals surface area contributed by atoms with E-state index in [1.807, 2.05) is 0 Å². The molecule has 0 aromatic carbocycles. The number of hydrogen-bond donors (Lipinski definition) is 1. The third kappa shape index (κ3) is 2.71. The van der Waals surface area contributed by atoms with Crippen LogP contribution in [0.5, 0.6) is 5.75 Å². The number of amides is 1. The van der Waals surface area contributed by atoms with Crippen molar-refractivity contribution in [3.05, 3.63) is 24.0 Å². The highest BCUT2D eigenvalue weighted by atomic mass is 16.5. The van der Waals surface area contributed by atoms with Crippen molar-refractivity contribution in [1.82, 2.24) is 15.2 Å². The Kier molecular flexibility index (Phi) is 3.38. The molecule has 2 fully saturated rings. The number of ether oxygens (including phenoxy) is 1. The second kappa shape index (κ2) is 5.17. The quantitative estimate of drug-likeness (QED) is 0.879. The van der Waals surface area contributed by atoms with Crippen molar-refractivity contribution < 1.29 is 9.53 Å². The highest BCUT2D eigenvalue weighted by Gasteiger charge is 2.33. The molecule has 1 N–H and O–H groups in total. The number of nitrogens with zero attached hydrogens (tertiary/aromatic N) is 2. The van der Waals surface area contributed by atoms with E-state index in [9.17, 15) is 4.79 Å². The Hall–Kier alpha value is -1.62. The summed E-state index contributed by atoms with van der Waals surface area (Å²) in [7, 11) is 1.59. The average molecular weight is 261 g/mol. The standard InChI is InChI=1S/C14H19N3O2/c1-19-12-2-4-15-13(7-12)14(18)16-11-6-10-3-5-17(8-10)9-11/h2,4,7,10-11H,3,5-6,8-9H2,1H3,(H,16,18). The summed E-state index contributed by atoms with van der Waals surface area (Å²) < 4.78 is 5.11. The molecule has 2 aliphatic rings. The third-order valence-electron chi connectivity index (χ3n) is 4.00. The second-order valence-electron chi connectivity index (χ2n) is 5.40. The van der Waals surface area contributed by atoms with Crippen LogP contribution in [0.2, 0.25) is 0 Å². The lowest BCUT2D eigenvalue weighted by molar-refractivity contribution is 0.0904. The maximum absolute atomic E-state index is 12.2. The van der Waals surface area contributed by atoms with Gasteiger partial charge in [-0.2, -0.15) is 0 Å². The van der Waals surface area contributed by atoms with Crippen molar-refractivity contribution in [1.29, 1.82) is 0 Å². The number of carbonyl (C=O) groups is 1. The molecule has 0 saturated carbocycles. The van der Waals surface area contributed by atoms with E-state index < -0.39 is 0 Å². The molecule has 3 atom stereocenters. The van der Waals surface area contributed by atoms with E-state index in [2.05, 4.69) is 15.2 Å². The Morgan fingerprint density at radius 2 is 2.42 bits per heavy atom. The molecule has 0 spiro atoms. The van der Waals surface area contributed by atoms with Gasteiger partial charge in [-0.05, 0) is 31.4 Å². The molecule has 0 aliphatic carbocycles. The molecule has 3 heterocycles. The van der Waals surface area contributed by atoms with Crippen LogP contribution in [-0.2, 0) is 0 Å². The molecule has 3 unspecified atom stereocenters. The van der Waals surface area contributed by atoms with E-state index in [1.54, 1.807) is 25.4 Å². The van der Waals surface area contributed by atoms with Gasteiger partial charge in [-0.25, -0.2) is 0 Å². The molecular weight excluding hydrogens is 242 g/mol. The van der Waals surface area contributed by atoms with Gasteiger partial charge in [0.2, 0.25) is 0 Å². The van der Waals surface area contributed by atoms with E-state index in [1.165, 1.54) is 19.5 Å². The summed E-state index contributed by atoms with van der Waals surface area (Å²) >= 11 is 0. The third-order valence-corrected chi connectivity index (χ3v) is 4.00. The molecule has 1 amide bonds. The van der Waals surface area contributed by atoms with Crippen LogP contribution >= 0.6 is 0 Å². The number of rotatable bonds is 3. The Morgan fingerprint density at radius 1 is 1.53 bits per heavy atom. The number of methoxy groups -OCH3 is 1. The van der Waals surface area contributed by atoms with Crippen molar-refractivity contribution in [3.8, 4) is 5.75 Å². The predicted molar refractivity (Wildman–Crippen MR) is 71.2 cm³/mol. The van der Waals surface area contributed by atoms with Gasteiger partial charge in [-0.1, -0.05) is 0 Å². The van der Waals surface area contributed by atoms with Crippen molar-refractivity contribution in [2.24, 2.45) is 5.92 Å². The molecule has 102 valence electrons. The molecule has 1 aromatic heterocycles. The van der Waals surface area contributed by atoms with Crippen molar-refractivity contribution in [2.75, 3.05) is 26.7 Å². The maximum Gasteiger partial charge on any atom is 0.270 e. The summed E-state index contributed by atoms with van der Waals surface area (Å²) in [5.41, 5.74) is 0.423. The number of aromatic nitrogens is 1. The van der Waals surface area contributed by atoms with Crippen LogP contribution in [0.15, 0.2) is 18.3 Å². The first kappa shape index (κ1) is 12.4. The van der Waals surface area contributed by atoms with Crippen LogP contribution in [0, 0.1) is 5.92 Å². The lowest BCUT2D eigenvalue weighted by Gasteiger charge is -2.30. The van der Waals surface area contributed by atoms with Gasteiger partial charge in [0.1, 0.15) is 11.4 Å². The lowest BCUT2D eigenvalue weighted by atomic mass is 9.97. The topological polar surface area (TPSA) is 54.5 Å². The molecule has 1 aromatic rings. The first-order valence-electron chi connectivity index (χ1n) is 6.78. The monoisotopic (exact) mass is 261 g/mol. The highest BCUT2D eigenvalue weighted by Crippen LogP contribution is 2.26. The highest BCUT2D eigenvalue weighted by molar-refractivity contribution is 5.92. The van der Waals surface area contributed by atoms with Gasteiger partial charge < -0.3 is 15.0 Å². The zero-order chi connectivity index (χ0) is 13.2. The summed E-state index contributed by atoms with van der Waals surface area (Å²) in [4.78, 5) is 18.7. The van der Waals surface area contributed by atoms with E-state index in [0.717, 1.165) is 18.9 Å². The van der Waals surface area contributed by atoms with Gasteiger partial charge in [0, 0.05) is 31.4 Å². The van der Waals surface area contributed by atoms with Gasteiger partial charge in [0.25, 0.3) is 5.91 Å². The van der Waals surface area contributed by atoms with Gasteiger partial charge in [0.05, 0.1) is 7.11 Å². The van der Waals surface area contributed by atoms with E-state index in [-0.39, 0.29) is 11.9 Å². The van der Waals surface area contributed by atoms with Crippen molar-refractivity contribution in [2.45, 2.75) is 18.9 Å². The molecule has 19 heavy (non-hydrogen) atoms. The van der Waals surface area contributed by atoms with Gasteiger partial charge in [-0.3, -0.25) is 9.78 Å². The minimum absolute atomic E-state index is 0.105. The average Bonchev–Trinajstić information content (AvgIpc) is 2.78. The van der Waals surface area contributed by atoms with Gasteiger partial charge in [-0.15, -0.1) is 0 Å². The number of fused-ring (bicyclic) bond motifs is 2. The van der Waals surface area contributed by atoms with E-state index >= 15 is 0 Å². The van der Waals surface area contributed by atoms with E-state index in [4.69, 9.17) is 4.74 Å². The van der Waals surface area contributed by atoms with Crippen LogP contribution < -0.4 is 10.1 Å². The molecule has 2 aliphatic heterocycles. The zero-order valence-electron chi connectivity index (χ0n) is 11.1. The molecule has 5 heteroatoms. The number of nitrogens with one attached hydrogen (secondary N) is 1. The molecular formula is C14H19N3O2. The molecule has 2 saturated heterocycles. The summed E-state index contributed by atoms with van der Waals surface area (Å²) in [5.74, 6) is 1.30. The molecule has 3 rings (SSSR count). The summed E-state index contributed by atoms with van der Waals surface area (Å²) in [5, 5.41) is 3.09. The van der Waals surface area contributed by atoms with Crippen molar-refractivity contribution in [3.63, 3.8) is 0 Å². The summed E-state index contributed by atoms with van der Waals surface area (Å²) in [6.07, 6.45) is 3.96. The lowest BCUT2D eigenvalue weighted by Crippen LogP contribution is -2.47. The Bertz CT molecular complexity index is 466. The fourth-order valence-electron chi connectivity index (χ4n) is 3.09. The molecule has 5 nitrogen and oxygen atoms in total. The van der Waals surface area contributed by atoms with Gasteiger partial charge >= 0.3 is 0 Å². The van der Waals surface area contributed by atoms with Crippen LogP contribution in [0.4, 0.5) is 0 Å². The van der Waals surface area contributed by atoms with Crippen LogP contribution in [0.3, 0.4) is 0 Å². The minimum Gasteiger partial charge on any atom is -0.497 e. The smallest absolute Gasteiger partial charge is 0.270 e. The largest absolute Gasteiger partial charge is 0.497 e. The normalized spacial score (nSPS) is 29.0. The number of hydrogen-bond acceptors (Lipinski definition) is 4. The molecule has 0 radical (unpaired) electrons. The van der Waals surface area contributed by atoms with Crippen molar-refractivity contribution >= 4 is 5.91 Å². The number of pyridine rings is 1. The van der Waals surface area contributed by atoms with Crippen LogP contribution in [-0.4, -0.2) is 48.6 Å². The number of piperidine rings is 1. The van der Waals surface area contributed by atoms with Crippen LogP contribution in [0.1, 0.15) is 23.3 Å². The first-order valence-corrected chi connectivity index (χ1v) is 6.78.